The number of benzene rings is 1. The van der Waals surface area contributed by atoms with E-state index >= 15 is 0 Å². The highest BCUT2D eigenvalue weighted by Gasteiger charge is 2.48. The number of thioether (sulfide) groups is 1. The van der Waals surface area contributed by atoms with E-state index < -0.39 is 0 Å². The van der Waals surface area contributed by atoms with Crippen molar-refractivity contribution in [2.75, 3.05) is 13.7 Å². The van der Waals surface area contributed by atoms with E-state index in [1.807, 2.05) is 42.6 Å². The molecule has 2 aromatic rings. The lowest BCUT2D eigenvalue weighted by Gasteiger charge is -2.48. The van der Waals surface area contributed by atoms with Gasteiger partial charge in [-0.15, -0.1) is 0 Å². The van der Waals surface area contributed by atoms with Crippen LogP contribution in [0.15, 0.2) is 58.2 Å². The molecule has 1 aromatic heterocycles. The average molecular weight is 452 g/mol. The van der Waals surface area contributed by atoms with E-state index in [1.54, 1.807) is 25.1 Å². The van der Waals surface area contributed by atoms with Crippen molar-refractivity contribution in [3.8, 4) is 0 Å². The lowest BCUT2D eigenvalue weighted by atomic mass is 9.90. The van der Waals surface area contributed by atoms with E-state index in [-0.39, 0.29) is 36.0 Å². The third-order valence-corrected chi connectivity index (χ3v) is 6.49. The van der Waals surface area contributed by atoms with Gasteiger partial charge in [0.1, 0.15) is 11.5 Å². The lowest BCUT2D eigenvalue weighted by Crippen LogP contribution is -2.57. The molecule has 1 aromatic carbocycles. The molecule has 0 radical (unpaired) electrons. The molecule has 27 heavy (non-hydrogen) atoms. The van der Waals surface area contributed by atoms with E-state index in [0.717, 1.165) is 14.9 Å². The highest BCUT2D eigenvalue weighted by molar-refractivity contribution is 9.10. The van der Waals surface area contributed by atoms with Crippen molar-refractivity contribution in [2.45, 2.75) is 41.9 Å². The average Bonchev–Trinajstić information content (AvgIpc) is 2.69. The van der Waals surface area contributed by atoms with E-state index in [2.05, 4.69) is 27.8 Å². The van der Waals surface area contributed by atoms with Gasteiger partial charge in [0, 0.05) is 40.4 Å². The first kappa shape index (κ1) is 19.4. The van der Waals surface area contributed by atoms with Gasteiger partial charge in [0.15, 0.2) is 6.29 Å². The molecule has 144 valence electrons. The second-order valence-electron chi connectivity index (χ2n) is 6.74. The summed E-state index contributed by atoms with van der Waals surface area (Å²) in [5, 5.41) is 0. The first-order chi connectivity index (χ1) is 13.2. The molecular formula is C20H22BrNO4S. The number of aromatic nitrogens is 1. The Balaban J connectivity index is 1.49. The second kappa shape index (κ2) is 8.59. The number of methoxy groups -OCH3 is 1. The monoisotopic (exact) mass is 451 g/mol. The van der Waals surface area contributed by atoms with Crippen molar-refractivity contribution in [2.24, 2.45) is 5.92 Å². The first-order valence-electron chi connectivity index (χ1n) is 8.93. The van der Waals surface area contributed by atoms with Crippen molar-refractivity contribution in [1.82, 2.24) is 4.98 Å². The summed E-state index contributed by atoms with van der Waals surface area (Å²) in [6, 6.07) is 12.0. The van der Waals surface area contributed by atoms with Crippen LogP contribution in [-0.4, -0.2) is 42.4 Å². The molecule has 2 aliphatic heterocycles. The van der Waals surface area contributed by atoms with Crippen LogP contribution in [0.3, 0.4) is 0 Å². The van der Waals surface area contributed by atoms with E-state index in [4.69, 9.17) is 18.9 Å². The van der Waals surface area contributed by atoms with Gasteiger partial charge in [0.25, 0.3) is 0 Å². The molecule has 2 fully saturated rings. The third-order valence-electron chi connectivity index (χ3n) is 4.95. The molecular weight excluding hydrogens is 430 g/mol. The Morgan fingerprint density at radius 1 is 1.19 bits per heavy atom. The Kier molecular flexibility index (Phi) is 6.16. The molecule has 4 unspecified atom stereocenters. The van der Waals surface area contributed by atoms with Crippen molar-refractivity contribution in [1.29, 1.82) is 0 Å². The van der Waals surface area contributed by atoms with Crippen molar-refractivity contribution in [3.63, 3.8) is 0 Å². The Hall–Kier alpha value is -0.960. The van der Waals surface area contributed by atoms with Crippen molar-refractivity contribution in [3.05, 3.63) is 58.8 Å². The third kappa shape index (κ3) is 4.23. The zero-order chi connectivity index (χ0) is 18.8. The van der Waals surface area contributed by atoms with Crippen LogP contribution < -0.4 is 0 Å². The predicted molar refractivity (Wildman–Crippen MR) is 106 cm³/mol. The van der Waals surface area contributed by atoms with Gasteiger partial charge < -0.3 is 18.9 Å². The van der Waals surface area contributed by atoms with Crippen LogP contribution in [0.4, 0.5) is 0 Å². The number of hydrogen-bond donors (Lipinski definition) is 0. The summed E-state index contributed by atoms with van der Waals surface area (Å²) in [7, 11) is 1.73. The molecule has 0 bridgehead atoms. The van der Waals surface area contributed by atoms with Crippen LogP contribution in [0.2, 0.25) is 0 Å². The largest absolute Gasteiger partial charge is 0.377 e. The zero-order valence-electron chi connectivity index (χ0n) is 15.2. The molecule has 7 heteroatoms. The zero-order valence-corrected chi connectivity index (χ0v) is 17.6. The number of rotatable bonds is 4. The summed E-state index contributed by atoms with van der Waals surface area (Å²) in [6.45, 7) is 2.66. The fourth-order valence-electron chi connectivity index (χ4n) is 3.61. The molecule has 0 N–H and O–H groups in total. The first-order valence-corrected chi connectivity index (χ1v) is 10.6. The van der Waals surface area contributed by atoms with Gasteiger partial charge in [-0.2, -0.15) is 0 Å². The van der Waals surface area contributed by atoms with Crippen LogP contribution in [0, 0.1) is 5.92 Å². The van der Waals surface area contributed by atoms with Crippen molar-refractivity contribution < 1.29 is 18.9 Å². The van der Waals surface area contributed by atoms with Crippen LogP contribution in [-0.2, 0) is 18.9 Å². The van der Waals surface area contributed by atoms with Crippen LogP contribution >= 0.6 is 27.7 Å². The van der Waals surface area contributed by atoms with Gasteiger partial charge in [0.2, 0.25) is 0 Å². The van der Waals surface area contributed by atoms with Gasteiger partial charge >= 0.3 is 0 Å². The van der Waals surface area contributed by atoms with Crippen LogP contribution in [0.1, 0.15) is 18.8 Å². The second-order valence-corrected chi connectivity index (χ2v) is 8.82. The highest BCUT2D eigenvalue weighted by atomic mass is 79.9. The summed E-state index contributed by atoms with van der Waals surface area (Å²) < 4.78 is 25.3. The van der Waals surface area contributed by atoms with E-state index in [9.17, 15) is 0 Å². The van der Waals surface area contributed by atoms with Crippen LogP contribution in [0.25, 0.3) is 0 Å². The summed E-state index contributed by atoms with van der Waals surface area (Å²) in [5.74, 6) is 0.168. The van der Waals surface area contributed by atoms with Gasteiger partial charge in [-0.25, -0.2) is 0 Å². The minimum absolute atomic E-state index is 0.0774. The number of hydrogen-bond acceptors (Lipinski definition) is 6. The van der Waals surface area contributed by atoms with Gasteiger partial charge in [-0.05, 0) is 22.0 Å². The Morgan fingerprint density at radius 3 is 2.74 bits per heavy atom. The molecule has 0 aliphatic carbocycles. The number of ether oxygens (including phenoxy) is 4. The summed E-state index contributed by atoms with van der Waals surface area (Å²) >= 11 is 5.08. The van der Waals surface area contributed by atoms with Gasteiger partial charge in [0.05, 0.1) is 18.8 Å². The summed E-state index contributed by atoms with van der Waals surface area (Å²) in [6.07, 6.45) is 2.95. The fraction of sp³-hybridized carbons (Fsp3) is 0.450. The SMILES string of the molecule is COC1C(C)[C@H]2OC(c3ccccc3)OCC2O[C@@H]1Sc1cncc(Br)c1. The smallest absolute Gasteiger partial charge is 0.184 e. The fourth-order valence-corrected chi connectivity index (χ4v) is 5.40. The number of fused-ring (bicyclic) bond motifs is 1. The molecule has 3 heterocycles. The molecule has 0 amide bonds. The van der Waals surface area contributed by atoms with Crippen molar-refractivity contribution >= 4 is 27.7 Å². The Labute approximate surface area is 171 Å². The normalized spacial score (nSPS) is 33.4. The molecule has 0 spiro atoms. The highest BCUT2D eigenvalue weighted by Crippen LogP contribution is 2.42. The number of halogens is 1. The lowest BCUT2D eigenvalue weighted by molar-refractivity contribution is -0.309. The van der Waals surface area contributed by atoms with Gasteiger partial charge in [-0.1, -0.05) is 49.0 Å². The molecule has 2 aliphatic rings. The Bertz CT molecular complexity index is 765. The maximum Gasteiger partial charge on any atom is 0.184 e. The minimum atomic E-state index is -0.366. The number of pyridine rings is 1. The van der Waals surface area contributed by atoms with E-state index in [0.29, 0.717) is 6.61 Å². The molecule has 6 atom stereocenters. The molecule has 4 rings (SSSR count). The molecule has 0 saturated carbocycles. The summed E-state index contributed by atoms with van der Waals surface area (Å²) in [4.78, 5) is 5.26. The standard InChI is InChI=1S/C20H22BrNO4S/c1-12-17-16(11-24-19(26-17)13-6-4-3-5-7-13)25-20(18(12)23-2)27-15-8-14(21)9-22-10-15/h3-10,12,16-20H,11H2,1-2H3/t12?,16?,17-,18?,19?,20-/m1/s1. The molecule has 5 nitrogen and oxygen atoms in total. The minimum Gasteiger partial charge on any atom is -0.377 e. The predicted octanol–water partition coefficient (Wildman–Crippen LogP) is 4.43. The number of nitrogens with zero attached hydrogens (tertiary/aromatic N) is 1. The maximum absolute atomic E-state index is 6.34. The maximum atomic E-state index is 6.34. The van der Waals surface area contributed by atoms with Crippen LogP contribution in [0.5, 0.6) is 0 Å². The molecule has 2 saturated heterocycles. The topological polar surface area (TPSA) is 49.8 Å². The Morgan fingerprint density at radius 2 is 2.00 bits per heavy atom. The van der Waals surface area contributed by atoms with Gasteiger partial charge in [-0.3, -0.25) is 4.98 Å². The quantitative estimate of drug-likeness (QED) is 0.685. The summed E-state index contributed by atoms with van der Waals surface area (Å²) in [5.41, 5.74) is 0.872. The van der Waals surface area contributed by atoms with E-state index in [1.165, 1.54) is 0 Å².